The number of amidine groups is 1. The fraction of sp³-hybridized carbons (Fsp3) is 0.348. The number of carbonyl (C=O) groups excluding carboxylic acids is 2. The first kappa shape index (κ1) is 22.8. The summed E-state index contributed by atoms with van der Waals surface area (Å²) >= 11 is 0. The fourth-order valence-electron chi connectivity index (χ4n) is 3.93. The van der Waals surface area contributed by atoms with Gasteiger partial charge in [-0.3, -0.25) is 19.3 Å². The standard InChI is InChI=1S/C23H27N5O4S/c1-17(25-22-19-9-5-6-10-20(19)33(31,32)26-22)23(30)24-12-11-21(29)28-15-13-27(14-16-28)18-7-3-2-4-8-18/h2-10,17H,11-16H2,1H3,(H,24,30)(H,25,26)/t17-/m0/s1. The topological polar surface area (TPSA) is 111 Å². The highest BCUT2D eigenvalue weighted by Gasteiger charge is 2.31. The molecule has 2 aliphatic rings. The van der Waals surface area contributed by atoms with E-state index >= 15 is 0 Å². The molecule has 0 saturated carbocycles. The minimum absolute atomic E-state index is 0.000501. The van der Waals surface area contributed by atoms with Gasteiger partial charge in [-0.2, -0.15) is 0 Å². The van der Waals surface area contributed by atoms with Crippen LogP contribution in [0.5, 0.6) is 0 Å². The molecule has 2 N–H and O–H groups in total. The number of fused-ring (bicyclic) bond motifs is 1. The maximum absolute atomic E-state index is 12.5. The zero-order chi connectivity index (χ0) is 23.4. The van der Waals surface area contributed by atoms with Crippen LogP contribution in [-0.2, 0) is 19.6 Å². The molecule has 33 heavy (non-hydrogen) atoms. The van der Waals surface area contributed by atoms with Crippen molar-refractivity contribution in [3.05, 3.63) is 60.2 Å². The number of benzene rings is 2. The summed E-state index contributed by atoms with van der Waals surface area (Å²) in [5.74, 6) is -0.215. The lowest BCUT2D eigenvalue weighted by Gasteiger charge is -2.36. The van der Waals surface area contributed by atoms with E-state index in [2.05, 4.69) is 32.1 Å². The summed E-state index contributed by atoms with van der Waals surface area (Å²) < 4.78 is 26.7. The van der Waals surface area contributed by atoms with E-state index < -0.39 is 16.1 Å². The Morgan fingerprint density at radius 3 is 2.42 bits per heavy atom. The van der Waals surface area contributed by atoms with Crippen molar-refractivity contribution in [2.75, 3.05) is 37.6 Å². The van der Waals surface area contributed by atoms with Crippen molar-refractivity contribution in [1.29, 1.82) is 0 Å². The van der Waals surface area contributed by atoms with Crippen molar-refractivity contribution in [2.24, 2.45) is 4.99 Å². The average Bonchev–Trinajstić information content (AvgIpc) is 3.09. The Morgan fingerprint density at radius 1 is 1.03 bits per heavy atom. The van der Waals surface area contributed by atoms with Crippen molar-refractivity contribution in [3.63, 3.8) is 0 Å². The summed E-state index contributed by atoms with van der Waals surface area (Å²) in [4.78, 5) is 33.4. The lowest BCUT2D eigenvalue weighted by atomic mass is 10.2. The molecule has 0 spiro atoms. The van der Waals surface area contributed by atoms with Gasteiger partial charge in [-0.05, 0) is 31.2 Å². The number of amides is 2. The van der Waals surface area contributed by atoms with E-state index in [1.54, 1.807) is 25.1 Å². The second-order valence-corrected chi connectivity index (χ2v) is 9.65. The molecule has 2 heterocycles. The quantitative estimate of drug-likeness (QED) is 0.655. The van der Waals surface area contributed by atoms with Crippen LogP contribution in [0.15, 0.2) is 64.5 Å². The van der Waals surface area contributed by atoms with Crippen molar-refractivity contribution < 1.29 is 18.0 Å². The summed E-state index contributed by atoms with van der Waals surface area (Å²) in [6.45, 7) is 4.62. The summed E-state index contributed by atoms with van der Waals surface area (Å²) in [5.41, 5.74) is 1.60. The number of para-hydroxylation sites is 1. The number of nitrogens with one attached hydrogen (secondary N) is 2. The van der Waals surface area contributed by atoms with E-state index in [9.17, 15) is 18.0 Å². The lowest BCUT2D eigenvalue weighted by Crippen LogP contribution is -2.49. The molecule has 2 amide bonds. The van der Waals surface area contributed by atoms with Gasteiger partial charge < -0.3 is 15.1 Å². The number of carbonyl (C=O) groups is 2. The van der Waals surface area contributed by atoms with Gasteiger partial charge in [-0.1, -0.05) is 30.3 Å². The molecule has 1 fully saturated rings. The van der Waals surface area contributed by atoms with Crippen LogP contribution in [0, 0.1) is 0 Å². The zero-order valence-corrected chi connectivity index (χ0v) is 19.2. The maximum Gasteiger partial charge on any atom is 0.263 e. The Labute approximate surface area is 193 Å². The minimum Gasteiger partial charge on any atom is -0.368 e. The SMILES string of the molecule is C[C@H](N=C1NS(=O)(=O)c2ccccc21)C(=O)NCCC(=O)N1CCN(c2ccccc2)CC1. The third-order valence-corrected chi connectivity index (χ3v) is 7.15. The molecule has 0 bridgehead atoms. The Hall–Kier alpha value is -3.40. The monoisotopic (exact) mass is 469 g/mol. The van der Waals surface area contributed by atoms with Crippen LogP contribution in [0.2, 0.25) is 0 Å². The second-order valence-electron chi connectivity index (χ2n) is 8.00. The Kier molecular flexibility index (Phi) is 6.64. The third kappa shape index (κ3) is 5.16. The largest absolute Gasteiger partial charge is 0.368 e. The summed E-state index contributed by atoms with van der Waals surface area (Å²) in [7, 11) is -3.65. The molecule has 9 nitrogen and oxygen atoms in total. The van der Waals surface area contributed by atoms with Gasteiger partial charge in [0, 0.05) is 50.4 Å². The number of hydrogen-bond acceptors (Lipinski definition) is 6. The van der Waals surface area contributed by atoms with E-state index in [4.69, 9.17) is 0 Å². The van der Waals surface area contributed by atoms with Crippen LogP contribution < -0.4 is 14.9 Å². The summed E-state index contributed by atoms with van der Waals surface area (Å²) in [6.07, 6.45) is 0.204. The van der Waals surface area contributed by atoms with Gasteiger partial charge in [0.25, 0.3) is 10.0 Å². The lowest BCUT2D eigenvalue weighted by molar-refractivity contribution is -0.131. The average molecular weight is 470 g/mol. The van der Waals surface area contributed by atoms with Gasteiger partial charge in [-0.25, -0.2) is 8.42 Å². The first-order valence-corrected chi connectivity index (χ1v) is 12.4. The predicted octanol–water partition coefficient (Wildman–Crippen LogP) is 0.969. The van der Waals surface area contributed by atoms with Crippen LogP contribution in [-0.4, -0.2) is 69.7 Å². The molecule has 0 aliphatic carbocycles. The molecule has 10 heteroatoms. The zero-order valence-electron chi connectivity index (χ0n) is 18.4. The summed E-state index contributed by atoms with van der Waals surface area (Å²) in [6, 6.07) is 15.8. The highest BCUT2D eigenvalue weighted by molar-refractivity contribution is 7.90. The van der Waals surface area contributed by atoms with E-state index in [1.165, 1.54) is 6.07 Å². The number of sulfonamides is 1. The highest BCUT2D eigenvalue weighted by atomic mass is 32.2. The first-order valence-electron chi connectivity index (χ1n) is 10.9. The van der Waals surface area contributed by atoms with E-state index in [0.717, 1.165) is 18.8 Å². The minimum atomic E-state index is -3.65. The summed E-state index contributed by atoms with van der Waals surface area (Å²) in [5, 5.41) is 2.72. The van der Waals surface area contributed by atoms with Crippen LogP contribution in [0.25, 0.3) is 0 Å². The fourth-order valence-corrected chi connectivity index (χ4v) is 5.17. The van der Waals surface area contributed by atoms with Crippen molar-refractivity contribution in [2.45, 2.75) is 24.3 Å². The van der Waals surface area contributed by atoms with E-state index in [-0.39, 0.29) is 35.5 Å². The molecule has 1 saturated heterocycles. The first-order chi connectivity index (χ1) is 15.8. The molecule has 174 valence electrons. The van der Waals surface area contributed by atoms with E-state index in [0.29, 0.717) is 18.7 Å². The Bertz CT molecular complexity index is 1160. The smallest absolute Gasteiger partial charge is 0.263 e. The van der Waals surface area contributed by atoms with Crippen LogP contribution >= 0.6 is 0 Å². The normalized spacial score (nSPS) is 19.0. The van der Waals surface area contributed by atoms with Gasteiger partial charge in [-0.15, -0.1) is 0 Å². The molecule has 0 unspecified atom stereocenters. The molecule has 1 atom stereocenters. The Balaban J connectivity index is 1.24. The van der Waals surface area contributed by atoms with Gasteiger partial charge in [0.1, 0.15) is 11.9 Å². The third-order valence-electron chi connectivity index (χ3n) is 5.76. The molecule has 0 radical (unpaired) electrons. The van der Waals surface area contributed by atoms with Crippen molar-refractivity contribution >= 4 is 33.4 Å². The molecule has 4 rings (SSSR count). The van der Waals surface area contributed by atoms with Crippen LogP contribution in [0.4, 0.5) is 5.69 Å². The highest BCUT2D eigenvalue weighted by Crippen LogP contribution is 2.22. The van der Waals surface area contributed by atoms with Crippen LogP contribution in [0.1, 0.15) is 18.9 Å². The molecular formula is C23H27N5O4S. The van der Waals surface area contributed by atoms with E-state index in [1.807, 2.05) is 23.1 Å². The van der Waals surface area contributed by atoms with Gasteiger partial charge in [0.2, 0.25) is 11.8 Å². The van der Waals surface area contributed by atoms with Gasteiger partial charge >= 0.3 is 0 Å². The number of hydrogen-bond donors (Lipinski definition) is 2. The maximum atomic E-state index is 12.5. The van der Waals surface area contributed by atoms with Crippen molar-refractivity contribution in [1.82, 2.24) is 14.9 Å². The molecular weight excluding hydrogens is 442 g/mol. The molecule has 2 aromatic carbocycles. The number of anilines is 1. The van der Waals surface area contributed by atoms with Gasteiger partial charge in [0.05, 0.1) is 4.90 Å². The van der Waals surface area contributed by atoms with Gasteiger partial charge in [0.15, 0.2) is 0 Å². The molecule has 2 aromatic rings. The predicted molar refractivity (Wildman–Crippen MR) is 126 cm³/mol. The second kappa shape index (κ2) is 9.62. The van der Waals surface area contributed by atoms with Crippen molar-refractivity contribution in [3.8, 4) is 0 Å². The number of piperazine rings is 1. The number of aliphatic imine (C=N–C) groups is 1. The Morgan fingerprint density at radius 2 is 1.70 bits per heavy atom. The van der Waals surface area contributed by atoms with Crippen LogP contribution in [0.3, 0.4) is 0 Å². The molecule has 0 aromatic heterocycles. The number of nitrogens with zero attached hydrogens (tertiary/aromatic N) is 3. The number of rotatable bonds is 6. The molecule has 2 aliphatic heterocycles.